The second-order valence-corrected chi connectivity index (χ2v) is 1.22. The Morgan fingerprint density at radius 3 is 1.00 bits per heavy atom. The topological polar surface area (TPSA) is 188 Å². The van der Waals surface area contributed by atoms with Crippen LogP contribution in [0.25, 0.3) is 0 Å². The Morgan fingerprint density at radius 1 is 1.00 bits per heavy atom. The molecule has 0 bridgehead atoms. The van der Waals surface area contributed by atoms with Crippen molar-refractivity contribution in [2.75, 3.05) is 0 Å². The summed E-state index contributed by atoms with van der Waals surface area (Å²) in [6.07, 6.45) is 0. The number of nitrogens with two attached hydrogens (primary N) is 2. The van der Waals surface area contributed by atoms with Gasteiger partial charge in [-0.3, -0.25) is 20.1 Å². The van der Waals surface area contributed by atoms with Crippen molar-refractivity contribution in [3.63, 3.8) is 0 Å². The molecular formula is H10CuN4O4S+. The molecule has 0 aromatic heterocycles. The van der Waals surface area contributed by atoms with E-state index in [0.29, 0.717) is 0 Å². The van der Waals surface area contributed by atoms with Crippen LogP contribution in [0.15, 0.2) is 0 Å². The van der Waals surface area contributed by atoms with Crippen LogP contribution in [0, 0.1) is 0 Å². The molecule has 0 aliphatic rings. The van der Waals surface area contributed by atoms with Gasteiger partial charge in [0.15, 0.2) is 0 Å². The maximum Gasteiger partial charge on any atom is 1.00 e. The summed E-state index contributed by atoms with van der Waals surface area (Å²) in [5, 5.41) is 0. The summed E-state index contributed by atoms with van der Waals surface area (Å²) in [6, 6.07) is 0. The SMILES string of the molecule is N[NH3+].N[NH3+].O=S(=O)([O-])[O-].[Cu+]. The first-order valence-corrected chi connectivity index (χ1v) is 2.82. The van der Waals surface area contributed by atoms with Crippen molar-refractivity contribution in [1.82, 2.24) is 0 Å². The molecule has 10 N–H and O–H groups in total. The van der Waals surface area contributed by atoms with Crippen LogP contribution in [-0.4, -0.2) is 17.5 Å². The minimum Gasteiger partial charge on any atom is -0.759 e. The quantitative estimate of drug-likeness (QED) is 0.105. The van der Waals surface area contributed by atoms with Crippen LogP contribution in [-0.2, 0) is 27.5 Å². The Kier molecular flexibility index (Phi) is 36.2. The fourth-order valence-corrected chi connectivity index (χ4v) is 0. The van der Waals surface area contributed by atoms with Crippen LogP contribution < -0.4 is 23.4 Å². The summed E-state index contributed by atoms with van der Waals surface area (Å²) in [5.74, 6) is 14.0. The van der Waals surface area contributed by atoms with Crippen LogP contribution in [0.2, 0.25) is 0 Å². The summed E-state index contributed by atoms with van der Waals surface area (Å²) >= 11 is 0. The smallest absolute Gasteiger partial charge is 0.759 e. The number of hydrogen-bond acceptors (Lipinski definition) is 6. The van der Waals surface area contributed by atoms with Gasteiger partial charge in [0.25, 0.3) is 0 Å². The van der Waals surface area contributed by atoms with E-state index in [9.17, 15) is 0 Å². The van der Waals surface area contributed by atoms with Crippen LogP contribution in [0.3, 0.4) is 0 Å². The standard InChI is InChI=1S/Cu.2H4N2.H2O4S/c;2*1-2;1-5(2,3)4/h;2*1-2H2;(H2,1,2,3,4)/q+1;;;. The summed E-state index contributed by atoms with van der Waals surface area (Å²) in [7, 11) is -5.17. The largest absolute Gasteiger partial charge is 1.00 e. The molecule has 0 aliphatic carbocycles. The van der Waals surface area contributed by atoms with E-state index in [2.05, 4.69) is 23.4 Å². The van der Waals surface area contributed by atoms with Crippen LogP contribution in [0.4, 0.5) is 0 Å². The molecule has 0 aromatic rings. The predicted octanol–water partition coefficient (Wildman–Crippen LogP) is -5.14. The molecule has 0 aliphatic heterocycles. The first-order valence-electron chi connectivity index (χ1n) is 1.48. The second kappa shape index (κ2) is 16.1. The van der Waals surface area contributed by atoms with Gasteiger partial charge in [0, 0.05) is 10.4 Å². The van der Waals surface area contributed by atoms with Crippen LogP contribution in [0.5, 0.6) is 0 Å². The van der Waals surface area contributed by atoms with Gasteiger partial charge in [-0.1, -0.05) is 0 Å². The molecule has 0 saturated heterocycles. The normalized spacial score (nSPS) is 7.00. The van der Waals surface area contributed by atoms with E-state index in [4.69, 9.17) is 17.5 Å². The molecule has 0 heterocycles. The summed E-state index contributed by atoms with van der Waals surface area (Å²) in [4.78, 5) is 0. The van der Waals surface area contributed by atoms with Gasteiger partial charge < -0.3 is 9.11 Å². The molecule has 0 atom stereocenters. The first-order chi connectivity index (χ1) is 4.00. The van der Waals surface area contributed by atoms with Crippen LogP contribution >= 0.6 is 0 Å². The molecule has 8 nitrogen and oxygen atoms in total. The fourth-order valence-electron chi connectivity index (χ4n) is 0. The van der Waals surface area contributed by atoms with Gasteiger partial charge in [0.2, 0.25) is 0 Å². The third kappa shape index (κ3) is 8170. The Labute approximate surface area is 68.9 Å². The molecule has 0 unspecified atom stereocenters. The molecule has 0 aromatic carbocycles. The average molecular weight is 226 g/mol. The van der Waals surface area contributed by atoms with Gasteiger partial charge in [-0.05, 0) is 0 Å². The molecule has 0 amide bonds. The number of rotatable bonds is 0. The van der Waals surface area contributed by atoms with E-state index in [1.54, 1.807) is 0 Å². The summed E-state index contributed by atoms with van der Waals surface area (Å²) < 4.78 is 34.1. The van der Waals surface area contributed by atoms with Gasteiger partial charge >= 0.3 is 17.1 Å². The van der Waals surface area contributed by atoms with Crippen molar-refractivity contribution in [3.8, 4) is 0 Å². The van der Waals surface area contributed by atoms with E-state index >= 15 is 0 Å². The summed E-state index contributed by atoms with van der Waals surface area (Å²) in [6.45, 7) is 0. The molecule has 10 heteroatoms. The first kappa shape index (κ1) is 22.5. The van der Waals surface area contributed by atoms with Crippen LogP contribution in [0.1, 0.15) is 0 Å². The Hall–Kier alpha value is 0.229. The van der Waals surface area contributed by atoms with Crippen molar-refractivity contribution in [2.45, 2.75) is 0 Å². The van der Waals surface area contributed by atoms with E-state index in [1.807, 2.05) is 0 Å². The zero-order valence-corrected chi connectivity index (χ0v) is 6.67. The zero-order chi connectivity index (χ0) is 8.50. The van der Waals surface area contributed by atoms with E-state index in [-0.39, 0.29) is 17.1 Å². The third-order valence-corrected chi connectivity index (χ3v) is 0. The van der Waals surface area contributed by atoms with Gasteiger partial charge in [-0.25, -0.2) is 0 Å². The van der Waals surface area contributed by atoms with Gasteiger partial charge in [-0.2, -0.15) is 11.7 Å². The van der Waals surface area contributed by atoms with E-state index in [1.165, 1.54) is 0 Å². The third-order valence-electron chi connectivity index (χ3n) is 0. The van der Waals surface area contributed by atoms with Crippen molar-refractivity contribution in [3.05, 3.63) is 0 Å². The molecule has 0 fully saturated rings. The minimum atomic E-state index is -5.17. The van der Waals surface area contributed by atoms with Gasteiger partial charge in [-0.15, -0.1) is 0 Å². The Morgan fingerprint density at radius 2 is 1.00 bits per heavy atom. The molecular weight excluding hydrogens is 216 g/mol. The molecule has 0 radical (unpaired) electrons. The minimum absolute atomic E-state index is 0. The Bertz CT molecular complexity index is 100. The zero-order valence-electron chi connectivity index (χ0n) is 4.91. The molecule has 0 rings (SSSR count). The second-order valence-electron chi connectivity index (χ2n) is 0.408. The number of hydrogen-bond donors (Lipinski definition) is 4. The molecule has 0 saturated carbocycles. The Balaban J connectivity index is -0.0000000315. The predicted molar refractivity (Wildman–Crippen MR) is 24.6 cm³/mol. The maximum absolute atomic E-state index is 8.52. The van der Waals surface area contributed by atoms with E-state index in [0.717, 1.165) is 0 Å². The summed E-state index contributed by atoms with van der Waals surface area (Å²) in [5.41, 5.74) is 0. The molecule has 10 heavy (non-hydrogen) atoms. The van der Waals surface area contributed by atoms with Gasteiger partial charge in [0.1, 0.15) is 0 Å². The van der Waals surface area contributed by atoms with E-state index < -0.39 is 10.4 Å². The van der Waals surface area contributed by atoms with Crippen molar-refractivity contribution in [1.29, 1.82) is 0 Å². The number of quaternary nitrogens is 2. The van der Waals surface area contributed by atoms with Gasteiger partial charge in [0.05, 0.1) is 0 Å². The maximum atomic E-state index is 8.52. The van der Waals surface area contributed by atoms with Crippen molar-refractivity contribution >= 4 is 10.4 Å². The monoisotopic (exact) mass is 225 g/mol. The fraction of sp³-hybridized carbons (Fsp3) is 0. The van der Waals surface area contributed by atoms with Crippen molar-refractivity contribution in [2.24, 2.45) is 11.7 Å². The molecule has 0 spiro atoms. The average Bonchev–Trinajstić information content (AvgIpc) is 1.72. The van der Waals surface area contributed by atoms with Crippen molar-refractivity contribution < 1.29 is 46.3 Å². The molecule has 70 valence electrons.